The molecule has 0 saturated carbocycles. The van der Waals surface area contributed by atoms with Gasteiger partial charge in [-0.1, -0.05) is 34.4 Å². The summed E-state index contributed by atoms with van der Waals surface area (Å²) in [6, 6.07) is 6.48. The highest BCUT2D eigenvalue weighted by Crippen LogP contribution is 2.25. The molecule has 0 aliphatic carbocycles. The minimum Gasteiger partial charge on any atom is -0.298 e. The number of hydrogen-bond acceptors (Lipinski definition) is 3. The molecule has 0 aliphatic heterocycles. The predicted molar refractivity (Wildman–Crippen MR) is 66.8 cm³/mol. The van der Waals surface area contributed by atoms with Gasteiger partial charge in [-0.15, -0.1) is 0 Å². The molecule has 0 spiro atoms. The second kappa shape index (κ2) is 7.00. The molecule has 1 atom stereocenters. The van der Waals surface area contributed by atoms with Gasteiger partial charge >= 0.3 is 0 Å². The van der Waals surface area contributed by atoms with Gasteiger partial charge in [-0.25, -0.2) is 0 Å². The first-order valence-electron chi connectivity index (χ1n) is 4.78. The molecule has 17 heavy (non-hydrogen) atoms. The number of nitriles is 1. The molecular weight excluding hydrogens is 261 g/mol. The molecule has 1 rings (SSSR count). The van der Waals surface area contributed by atoms with Crippen molar-refractivity contribution >= 4 is 23.2 Å². The third-order valence-corrected chi connectivity index (χ3v) is 2.59. The molecule has 0 fully saturated rings. The molecule has 0 bridgehead atoms. The molecule has 0 saturated heterocycles. The first-order chi connectivity index (χ1) is 8.19. The summed E-state index contributed by atoms with van der Waals surface area (Å²) < 4.78 is 0. The number of rotatable bonds is 5. The molecule has 0 amide bonds. The van der Waals surface area contributed by atoms with Crippen LogP contribution in [0.3, 0.4) is 0 Å². The minimum atomic E-state index is -0.548. The molecule has 7 heteroatoms. The van der Waals surface area contributed by atoms with Gasteiger partial charge in [-0.05, 0) is 17.7 Å². The fraction of sp³-hybridized carbons (Fsp3) is 0.300. The van der Waals surface area contributed by atoms with Crippen LogP contribution in [0.15, 0.2) is 23.3 Å². The van der Waals surface area contributed by atoms with Crippen molar-refractivity contribution in [2.45, 2.75) is 6.04 Å². The van der Waals surface area contributed by atoms with Gasteiger partial charge in [0.15, 0.2) is 0 Å². The zero-order valence-corrected chi connectivity index (χ0v) is 10.3. The molecule has 1 N–H and O–H groups in total. The summed E-state index contributed by atoms with van der Waals surface area (Å²) >= 11 is 11.8. The smallest absolute Gasteiger partial charge is 0.122 e. The summed E-state index contributed by atoms with van der Waals surface area (Å²) in [5, 5.41) is 16.3. The predicted octanol–water partition coefficient (Wildman–Crippen LogP) is 3.46. The van der Waals surface area contributed by atoms with Crippen molar-refractivity contribution in [2.24, 2.45) is 5.11 Å². The van der Waals surface area contributed by atoms with Gasteiger partial charge in [0, 0.05) is 33.6 Å². The van der Waals surface area contributed by atoms with Crippen molar-refractivity contribution in [1.82, 2.24) is 5.32 Å². The lowest BCUT2D eigenvalue weighted by molar-refractivity contribution is 0.635. The summed E-state index contributed by atoms with van der Waals surface area (Å²) in [7, 11) is 0. The molecule has 0 radical (unpaired) electrons. The molecule has 1 unspecified atom stereocenters. The zero-order chi connectivity index (χ0) is 12.7. The summed E-state index contributed by atoms with van der Waals surface area (Å²) in [6.45, 7) is 0.682. The fourth-order valence-corrected chi connectivity index (χ4v) is 1.78. The van der Waals surface area contributed by atoms with Gasteiger partial charge in [0.2, 0.25) is 0 Å². The number of nitrogens with zero attached hydrogens (tertiary/aromatic N) is 4. The molecule has 0 aromatic heterocycles. The maximum atomic E-state index is 9.02. The van der Waals surface area contributed by atoms with Gasteiger partial charge in [-0.3, -0.25) is 5.32 Å². The van der Waals surface area contributed by atoms with Crippen molar-refractivity contribution < 1.29 is 0 Å². The molecule has 0 aliphatic rings. The normalized spacial score (nSPS) is 11.4. The van der Waals surface area contributed by atoms with Crippen LogP contribution < -0.4 is 5.32 Å². The van der Waals surface area contributed by atoms with Gasteiger partial charge in [0.05, 0.1) is 6.07 Å². The van der Waals surface area contributed by atoms with Crippen LogP contribution in [0.4, 0.5) is 0 Å². The Hall–Kier alpha value is -1.44. The van der Waals surface area contributed by atoms with E-state index in [0.29, 0.717) is 22.2 Å². The van der Waals surface area contributed by atoms with Gasteiger partial charge < -0.3 is 0 Å². The first-order valence-corrected chi connectivity index (χ1v) is 5.53. The van der Waals surface area contributed by atoms with Crippen LogP contribution in [-0.2, 0) is 0 Å². The van der Waals surface area contributed by atoms with Crippen molar-refractivity contribution in [3.8, 4) is 6.07 Å². The first kappa shape index (κ1) is 13.6. The van der Waals surface area contributed by atoms with Gasteiger partial charge in [0.25, 0.3) is 0 Å². The third-order valence-electron chi connectivity index (χ3n) is 2.03. The number of hydrogen-bond donors (Lipinski definition) is 1. The average molecular weight is 270 g/mol. The third kappa shape index (κ3) is 4.14. The summed E-state index contributed by atoms with van der Waals surface area (Å²) in [5.41, 5.74) is 8.76. The van der Waals surface area contributed by atoms with E-state index in [1.807, 2.05) is 0 Å². The number of halogens is 2. The van der Waals surface area contributed by atoms with E-state index < -0.39 is 6.04 Å². The molecule has 5 nitrogen and oxygen atoms in total. The second-order valence-corrected chi connectivity index (χ2v) is 3.98. The maximum Gasteiger partial charge on any atom is 0.122 e. The maximum absolute atomic E-state index is 9.02. The Labute approximate surface area is 109 Å². The Morgan fingerprint density at radius 3 is 2.88 bits per heavy atom. The van der Waals surface area contributed by atoms with Crippen LogP contribution in [0.25, 0.3) is 10.4 Å². The highest BCUT2D eigenvalue weighted by atomic mass is 35.5. The number of benzene rings is 1. The highest BCUT2D eigenvalue weighted by molar-refractivity contribution is 6.35. The monoisotopic (exact) mass is 269 g/mol. The quantitative estimate of drug-likeness (QED) is 0.384. The van der Waals surface area contributed by atoms with E-state index in [-0.39, 0.29) is 6.54 Å². The Bertz CT molecular complexity index is 476. The van der Waals surface area contributed by atoms with Crippen molar-refractivity contribution in [2.75, 3.05) is 13.1 Å². The number of azide groups is 1. The van der Waals surface area contributed by atoms with E-state index in [0.717, 1.165) is 0 Å². The fourth-order valence-electron chi connectivity index (χ4n) is 1.26. The van der Waals surface area contributed by atoms with Crippen LogP contribution >= 0.6 is 23.2 Å². The van der Waals surface area contributed by atoms with Crippen LogP contribution in [-0.4, -0.2) is 13.1 Å². The molecule has 0 heterocycles. The van der Waals surface area contributed by atoms with E-state index in [9.17, 15) is 0 Å². The lowest BCUT2D eigenvalue weighted by Crippen LogP contribution is -2.23. The summed E-state index contributed by atoms with van der Waals surface area (Å²) in [4.78, 5) is 2.62. The Balaban J connectivity index is 2.73. The van der Waals surface area contributed by atoms with E-state index in [4.69, 9.17) is 34.0 Å². The molecule has 88 valence electrons. The standard InChI is InChI=1S/C10H9Cl2N5/c11-7-1-2-8(9(12)5-7)10(6-13)15-3-4-16-17-14/h1-2,5,10,15H,3-4H2. The van der Waals surface area contributed by atoms with E-state index in [2.05, 4.69) is 21.4 Å². The van der Waals surface area contributed by atoms with Crippen molar-refractivity contribution in [1.29, 1.82) is 5.26 Å². The van der Waals surface area contributed by atoms with Crippen LogP contribution in [0.2, 0.25) is 10.0 Å². The largest absolute Gasteiger partial charge is 0.298 e. The van der Waals surface area contributed by atoms with Gasteiger partial charge in [-0.2, -0.15) is 5.26 Å². The lowest BCUT2D eigenvalue weighted by atomic mass is 10.1. The van der Waals surface area contributed by atoms with Crippen molar-refractivity contribution in [3.63, 3.8) is 0 Å². The van der Waals surface area contributed by atoms with E-state index in [1.165, 1.54) is 0 Å². The van der Waals surface area contributed by atoms with Crippen LogP contribution in [0.1, 0.15) is 11.6 Å². The molecule has 1 aromatic carbocycles. The topological polar surface area (TPSA) is 84.6 Å². The molecular formula is C10H9Cl2N5. The lowest BCUT2D eigenvalue weighted by Gasteiger charge is -2.12. The van der Waals surface area contributed by atoms with E-state index in [1.54, 1.807) is 18.2 Å². The van der Waals surface area contributed by atoms with Crippen molar-refractivity contribution in [3.05, 3.63) is 44.3 Å². The summed E-state index contributed by atoms with van der Waals surface area (Å²) in [6.07, 6.45) is 0. The van der Waals surface area contributed by atoms with Crippen LogP contribution in [0, 0.1) is 11.3 Å². The Kier molecular flexibility index (Phi) is 5.61. The SMILES string of the molecule is N#CC(NCCN=[N+]=[N-])c1ccc(Cl)cc1Cl. The summed E-state index contributed by atoms with van der Waals surface area (Å²) in [5.74, 6) is 0. The minimum absolute atomic E-state index is 0.278. The average Bonchev–Trinajstić information content (AvgIpc) is 2.31. The highest BCUT2D eigenvalue weighted by Gasteiger charge is 2.13. The Morgan fingerprint density at radius 2 is 2.29 bits per heavy atom. The van der Waals surface area contributed by atoms with Gasteiger partial charge in [0.1, 0.15) is 6.04 Å². The zero-order valence-electron chi connectivity index (χ0n) is 8.77. The Morgan fingerprint density at radius 1 is 1.53 bits per heavy atom. The van der Waals surface area contributed by atoms with Crippen LogP contribution in [0.5, 0.6) is 0 Å². The van der Waals surface area contributed by atoms with E-state index >= 15 is 0 Å². The second-order valence-electron chi connectivity index (χ2n) is 3.14. The number of nitrogens with one attached hydrogen (secondary N) is 1. The molecule has 1 aromatic rings.